The lowest BCUT2D eigenvalue weighted by Gasteiger charge is -2.42. The molecule has 5 aromatic rings. The molecule has 4 fully saturated rings. The maximum Gasteiger partial charge on any atom is 0.274 e. The van der Waals surface area contributed by atoms with E-state index in [1.54, 1.807) is 44.2 Å². The summed E-state index contributed by atoms with van der Waals surface area (Å²) in [4.78, 5) is 72.8. The molecule has 2 atom stereocenters. The Kier molecular flexibility index (Phi) is 10.5. The minimum absolute atomic E-state index is 0.0914. The number of aromatic nitrogens is 4. The Morgan fingerprint density at radius 1 is 0.906 bits per heavy atom. The van der Waals surface area contributed by atoms with Gasteiger partial charge in [-0.3, -0.25) is 43.8 Å². The van der Waals surface area contributed by atoms with Gasteiger partial charge in [-0.15, -0.1) is 0 Å². The smallest absolute Gasteiger partial charge is 0.274 e. The maximum absolute atomic E-state index is 13.6. The molecule has 7 heterocycles. The van der Waals surface area contributed by atoms with Crippen LogP contribution in [0.4, 0.5) is 11.4 Å². The van der Waals surface area contributed by atoms with Crippen LogP contribution in [-0.2, 0) is 15.2 Å². The van der Waals surface area contributed by atoms with Crippen LogP contribution < -0.4 is 15.5 Å². The van der Waals surface area contributed by atoms with Gasteiger partial charge < -0.3 is 20.2 Å². The third-order valence-corrected chi connectivity index (χ3v) is 14.0. The van der Waals surface area contributed by atoms with E-state index in [1.165, 1.54) is 10.7 Å². The van der Waals surface area contributed by atoms with E-state index in [0.717, 1.165) is 99.4 Å². The fourth-order valence-electron chi connectivity index (χ4n) is 10.5. The van der Waals surface area contributed by atoms with Gasteiger partial charge in [0.15, 0.2) is 0 Å². The van der Waals surface area contributed by atoms with Crippen LogP contribution in [0.3, 0.4) is 0 Å². The minimum Gasteiger partial charge on any atom is -0.386 e. The second kappa shape index (κ2) is 16.3. The Morgan fingerprint density at radius 2 is 1.67 bits per heavy atom. The van der Waals surface area contributed by atoms with Crippen molar-refractivity contribution >= 4 is 57.3 Å². The van der Waals surface area contributed by atoms with Crippen molar-refractivity contribution in [2.24, 2.45) is 5.92 Å². The van der Waals surface area contributed by atoms with Crippen molar-refractivity contribution in [3.63, 3.8) is 0 Å². The summed E-state index contributed by atoms with van der Waals surface area (Å²) in [5.41, 5.74) is 3.44. The van der Waals surface area contributed by atoms with Gasteiger partial charge in [-0.2, -0.15) is 15.5 Å². The number of carbonyl (C=O) groups excluding carboxylic acids is 5. The number of hydrogen-bond acceptors (Lipinski definition) is 12. The fourth-order valence-corrected chi connectivity index (χ4v) is 10.5. The number of fused-ring (bicyclic) bond motifs is 3. The van der Waals surface area contributed by atoms with Gasteiger partial charge >= 0.3 is 0 Å². The molecule has 5 aliphatic rings. The molecule has 0 bridgehead atoms. The number of rotatable bonds is 9. The van der Waals surface area contributed by atoms with Gasteiger partial charge in [0.1, 0.15) is 17.8 Å². The quantitative estimate of drug-likeness (QED) is 0.180. The molecule has 10 rings (SSSR count). The zero-order chi connectivity index (χ0) is 44.4. The van der Waals surface area contributed by atoms with Gasteiger partial charge in [0.2, 0.25) is 11.8 Å². The molecule has 0 spiro atoms. The number of piperidine rings is 1. The Labute approximate surface area is 369 Å². The SMILES string of the molecule is CC(C)(O)c1cc2nn(C3CCC(N4CCN(C[C@@H]5CCN(c6ccc7c(c6)C(=O)N(C6CCC(=O)NC6=O)C7=O)C5)CC4)CC3)cc2cc1NC(=O)c1ccc2cc(C#N)cnn12. The largest absolute Gasteiger partial charge is 0.386 e. The standard InChI is InChI=1S/C47H51N11O6/c1-47(2,64)37-22-38-30(20-39(37)50-44(61)41-10-8-34-19-29(23-48)24-49-58(34)41)27-56(52-38)32-5-3-31(4-6-32)54-17-15-53(16-18-54)25-28-13-14-55(26-28)33-7-9-35-36(21-33)46(63)57(45(35)62)40-11-12-42(59)51-43(40)60/h7-10,19-22,24,27-28,31-32,40,64H,3-6,11-18,25-26H2,1-2H3,(H,50,61)(H,51,59,60)/t28-,31?,32?,40?/m0/s1. The molecule has 2 aromatic carbocycles. The molecule has 3 N–H and O–H groups in total. The van der Waals surface area contributed by atoms with Crippen LogP contribution >= 0.6 is 0 Å². The van der Waals surface area contributed by atoms with Crippen molar-refractivity contribution < 1.29 is 29.1 Å². The Morgan fingerprint density at radius 3 is 2.42 bits per heavy atom. The molecule has 3 aromatic heterocycles. The van der Waals surface area contributed by atoms with Gasteiger partial charge in [-0.1, -0.05) is 0 Å². The van der Waals surface area contributed by atoms with Crippen molar-refractivity contribution in [3.05, 3.63) is 88.9 Å². The number of amides is 5. The van der Waals surface area contributed by atoms with Crippen LogP contribution in [0.15, 0.2) is 60.9 Å². The first-order valence-electron chi connectivity index (χ1n) is 22.3. The summed E-state index contributed by atoms with van der Waals surface area (Å²) in [6.45, 7) is 10.2. The predicted molar refractivity (Wildman–Crippen MR) is 236 cm³/mol. The first-order chi connectivity index (χ1) is 30.8. The average Bonchev–Trinajstić information content (AvgIpc) is 4.08. The molecule has 1 aliphatic carbocycles. The van der Waals surface area contributed by atoms with Gasteiger partial charge in [0.25, 0.3) is 17.7 Å². The van der Waals surface area contributed by atoms with Crippen molar-refractivity contribution in [1.82, 2.24) is 39.4 Å². The van der Waals surface area contributed by atoms with Crippen LogP contribution in [-0.4, -0.2) is 127 Å². The summed E-state index contributed by atoms with van der Waals surface area (Å²) in [6, 6.07) is 16.1. The third-order valence-electron chi connectivity index (χ3n) is 14.0. The summed E-state index contributed by atoms with van der Waals surface area (Å²) < 4.78 is 3.56. The predicted octanol–water partition coefficient (Wildman–Crippen LogP) is 4.06. The van der Waals surface area contributed by atoms with E-state index in [4.69, 9.17) is 5.10 Å². The number of carbonyl (C=O) groups is 5. The number of nitriles is 1. The Balaban J connectivity index is 0.717. The van der Waals surface area contributed by atoms with Crippen LogP contribution in [0.1, 0.15) is 107 Å². The normalized spacial score (nSPS) is 23.5. The highest BCUT2D eigenvalue weighted by molar-refractivity contribution is 6.23. The zero-order valence-electron chi connectivity index (χ0n) is 36.0. The molecule has 17 nitrogen and oxygen atoms in total. The summed E-state index contributed by atoms with van der Waals surface area (Å²) in [5.74, 6) is -1.85. The first kappa shape index (κ1) is 41.5. The summed E-state index contributed by atoms with van der Waals surface area (Å²) >= 11 is 0. The minimum atomic E-state index is -1.25. The lowest BCUT2D eigenvalue weighted by atomic mass is 9.90. The monoisotopic (exact) mass is 865 g/mol. The first-order valence-corrected chi connectivity index (χ1v) is 22.3. The number of aliphatic hydroxyl groups is 1. The van der Waals surface area contributed by atoms with Crippen LogP contribution in [0.2, 0.25) is 0 Å². The second-order valence-corrected chi connectivity index (χ2v) is 18.6. The van der Waals surface area contributed by atoms with E-state index in [1.807, 2.05) is 24.4 Å². The number of nitrogens with zero attached hydrogens (tertiary/aromatic N) is 9. The number of piperazine rings is 1. The number of anilines is 2. The number of nitrogens with one attached hydrogen (secondary N) is 2. The fraction of sp³-hybridized carbons (Fsp3) is 0.447. The molecule has 3 saturated heterocycles. The lowest BCUT2D eigenvalue weighted by Crippen LogP contribution is -2.54. The molecule has 4 aliphatic heterocycles. The van der Waals surface area contributed by atoms with Gasteiger partial charge in [0, 0.05) is 86.8 Å². The molecule has 17 heteroatoms. The highest BCUT2D eigenvalue weighted by atomic mass is 16.3. The highest BCUT2D eigenvalue weighted by Gasteiger charge is 2.45. The molecule has 5 amide bonds. The molecule has 0 radical (unpaired) electrons. The Bertz CT molecular complexity index is 2770. The Hall–Kier alpha value is -6.48. The second-order valence-electron chi connectivity index (χ2n) is 18.6. The van der Waals surface area contributed by atoms with Crippen LogP contribution in [0.5, 0.6) is 0 Å². The van der Waals surface area contributed by atoms with Gasteiger partial charge in [-0.05, 0) is 107 Å². The van der Waals surface area contributed by atoms with Crippen molar-refractivity contribution in [2.45, 2.75) is 82.5 Å². The summed E-state index contributed by atoms with van der Waals surface area (Å²) in [7, 11) is 0. The van der Waals surface area contributed by atoms with Crippen molar-refractivity contribution in [1.29, 1.82) is 5.26 Å². The summed E-state index contributed by atoms with van der Waals surface area (Å²) in [5, 5.41) is 35.8. The van der Waals surface area contributed by atoms with Crippen molar-refractivity contribution in [2.75, 3.05) is 56.0 Å². The highest BCUT2D eigenvalue weighted by Crippen LogP contribution is 2.37. The number of benzene rings is 2. The lowest BCUT2D eigenvalue weighted by molar-refractivity contribution is -0.136. The summed E-state index contributed by atoms with van der Waals surface area (Å²) in [6.07, 6.45) is 8.94. The van der Waals surface area contributed by atoms with E-state index < -0.39 is 35.3 Å². The number of hydrogen-bond donors (Lipinski definition) is 3. The zero-order valence-corrected chi connectivity index (χ0v) is 36.0. The van der Waals surface area contributed by atoms with Crippen LogP contribution in [0, 0.1) is 17.2 Å². The van der Waals surface area contributed by atoms with E-state index in [-0.39, 0.29) is 24.8 Å². The third kappa shape index (κ3) is 7.69. The molecule has 1 unspecified atom stereocenters. The molecule has 330 valence electrons. The van der Waals surface area contributed by atoms with Gasteiger partial charge in [0.05, 0.1) is 45.6 Å². The average molecular weight is 866 g/mol. The molecule has 1 saturated carbocycles. The molecular weight excluding hydrogens is 815 g/mol. The van der Waals surface area contributed by atoms with Crippen molar-refractivity contribution in [3.8, 4) is 6.07 Å². The van der Waals surface area contributed by atoms with E-state index in [0.29, 0.717) is 51.1 Å². The van der Waals surface area contributed by atoms with E-state index in [2.05, 4.69) is 41.2 Å². The topological polar surface area (TPSA) is 202 Å². The van der Waals surface area contributed by atoms with E-state index in [9.17, 15) is 34.3 Å². The number of imide groups is 2. The van der Waals surface area contributed by atoms with Crippen LogP contribution in [0.25, 0.3) is 16.4 Å². The maximum atomic E-state index is 13.6. The molecular formula is C47H51N11O6. The van der Waals surface area contributed by atoms with E-state index >= 15 is 0 Å². The molecule has 64 heavy (non-hydrogen) atoms. The van der Waals surface area contributed by atoms with Gasteiger partial charge in [-0.25, -0.2) is 4.52 Å².